The number of anilines is 1. The van der Waals surface area contributed by atoms with E-state index in [9.17, 15) is 14.4 Å². The van der Waals surface area contributed by atoms with Crippen LogP contribution in [-0.2, 0) is 21.7 Å². The van der Waals surface area contributed by atoms with Crippen LogP contribution in [0.3, 0.4) is 0 Å². The molecule has 2 saturated carbocycles. The molecule has 39 heavy (non-hydrogen) atoms. The summed E-state index contributed by atoms with van der Waals surface area (Å²) < 4.78 is 6.01. The average Bonchev–Trinajstić information content (AvgIpc) is 3.63. The fourth-order valence-corrected chi connectivity index (χ4v) is 6.20. The molecule has 2 aliphatic carbocycles. The summed E-state index contributed by atoms with van der Waals surface area (Å²) in [7, 11) is 0. The Morgan fingerprint density at radius 1 is 1.03 bits per heavy atom. The van der Waals surface area contributed by atoms with Crippen LogP contribution in [0.15, 0.2) is 42.5 Å². The average molecular weight is 531 g/mol. The number of benzene rings is 2. The van der Waals surface area contributed by atoms with Crippen LogP contribution >= 0.6 is 0 Å². The maximum Gasteiger partial charge on any atom is 0.255 e. The lowest BCUT2D eigenvalue weighted by atomic mass is 9.84. The Hall–Kier alpha value is -3.23. The van der Waals surface area contributed by atoms with Crippen molar-refractivity contribution in [3.8, 4) is 5.75 Å². The van der Waals surface area contributed by atoms with E-state index in [-0.39, 0.29) is 23.0 Å². The summed E-state index contributed by atoms with van der Waals surface area (Å²) in [6, 6.07) is 13.8. The molecule has 2 aromatic carbocycles. The zero-order chi connectivity index (χ0) is 27.1. The zero-order valence-corrected chi connectivity index (χ0v) is 22.7. The van der Waals surface area contributed by atoms with Crippen LogP contribution in [0.1, 0.15) is 60.5 Å². The van der Waals surface area contributed by atoms with Gasteiger partial charge >= 0.3 is 0 Å². The normalized spacial score (nSPS) is 24.7. The van der Waals surface area contributed by atoms with Crippen LogP contribution in [0.4, 0.5) is 5.69 Å². The Balaban J connectivity index is 0.978. The Bertz CT molecular complexity index is 1280. The first-order chi connectivity index (χ1) is 18.8. The van der Waals surface area contributed by atoms with E-state index in [0.29, 0.717) is 31.6 Å². The van der Waals surface area contributed by atoms with E-state index in [1.807, 2.05) is 24.3 Å². The second-order valence-electron chi connectivity index (χ2n) is 11.6. The third-order valence-corrected chi connectivity index (χ3v) is 9.02. The highest BCUT2D eigenvalue weighted by Crippen LogP contribution is 2.43. The van der Waals surface area contributed by atoms with Crippen LogP contribution in [0.5, 0.6) is 5.75 Å². The Morgan fingerprint density at radius 3 is 2.59 bits per heavy atom. The van der Waals surface area contributed by atoms with Gasteiger partial charge in [-0.05, 0) is 74.1 Å². The molecule has 1 saturated heterocycles. The van der Waals surface area contributed by atoms with Crippen molar-refractivity contribution >= 4 is 23.2 Å². The maximum absolute atomic E-state index is 13.1. The molecule has 3 fully saturated rings. The highest BCUT2D eigenvalue weighted by Gasteiger charge is 2.42. The van der Waals surface area contributed by atoms with Crippen molar-refractivity contribution in [1.82, 2.24) is 9.80 Å². The van der Waals surface area contributed by atoms with Crippen molar-refractivity contribution in [2.75, 3.05) is 44.2 Å². The fourth-order valence-electron chi connectivity index (χ4n) is 6.20. The summed E-state index contributed by atoms with van der Waals surface area (Å²) in [5, 5.41) is 0. The Morgan fingerprint density at radius 2 is 1.82 bits per heavy atom. The molecule has 0 radical (unpaired) electrons. The predicted molar refractivity (Wildman–Crippen MR) is 149 cm³/mol. The van der Waals surface area contributed by atoms with E-state index in [1.165, 1.54) is 5.56 Å². The third kappa shape index (κ3) is 5.20. The number of hydrogen-bond acceptors (Lipinski definition) is 7. The molecule has 4 aliphatic rings. The molecular formula is C31H38N4O4. The summed E-state index contributed by atoms with van der Waals surface area (Å²) in [5.74, 6) is 0.0580. The highest BCUT2D eigenvalue weighted by atomic mass is 16.5. The van der Waals surface area contributed by atoms with Gasteiger partial charge in [0.05, 0.1) is 18.6 Å². The molecule has 8 nitrogen and oxygen atoms in total. The van der Waals surface area contributed by atoms with Gasteiger partial charge in [-0.1, -0.05) is 12.1 Å². The maximum atomic E-state index is 13.1. The van der Waals surface area contributed by atoms with Crippen LogP contribution in [0.25, 0.3) is 0 Å². The number of carbonyl (C=O) groups is 3. The van der Waals surface area contributed by atoms with Gasteiger partial charge < -0.3 is 20.3 Å². The molecule has 1 amide bonds. The van der Waals surface area contributed by atoms with E-state index >= 15 is 0 Å². The SMILES string of the molecule is CC1C(=O)CCC(N2Cc3cc(N4CCN(CCCOc5cccc(C6(N)CC6)c5)CC4)ccc3C2=O)C1=O. The quantitative estimate of drug-likeness (QED) is 0.414. The van der Waals surface area contributed by atoms with Gasteiger partial charge in [-0.25, -0.2) is 0 Å². The topological polar surface area (TPSA) is 96.2 Å². The Labute approximate surface area is 230 Å². The number of fused-ring (bicyclic) bond motifs is 1. The number of nitrogens with two attached hydrogens (primary N) is 1. The van der Waals surface area contributed by atoms with Gasteiger partial charge in [0.2, 0.25) is 0 Å². The zero-order valence-electron chi connectivity index (χ0n) is 22.7. The van der Waals surface area contributed by atoms with E-state index in [1.54, 1.807) is 11.8 Å². The molecule has 8 heteroatoms. The third-order valence-electron chi connectivity index (χ3n) is 9.02. The number of hydrogen-bond donors (Lipinski definition) is 1. The number of carbonyl (C=O) groups excluding carboxylic acids is 3. The van der Waals surface area contributed by atoms with Crippen LogP contribution in [0, 0.1) is 5.92 Å². The number of amides is 1. The molecular weight excluding hydrogens is 492 g/mol. The van der Waals surface area contributed by atoms with Crippen LogP contribution < -0.4 is 15.4 Å². The summed E-state index contributed by atoms with van der Waals surface area (Å²) in [4.78, 5) is 44.3. The van der Waals surface area contributed by atoms with E-state index < -0.39 is 12.0 Å². The van der Waals surface area contributed by atoms with Crippen molar-refractivity contribution in [2.24, 2.45) is 11.7 Å². The van der Waals surface area contributed by atoms with Gasteiger partial charge in [-0.2, -0.15) is 0 Å². The summed E-state index contributed by atoms with van der Waals surface area (Å²) >= 11 is 0. The predicted octanol–water partition coefficient (Wildman–Crippen LogP) is 3.12. The van der Waals surface area contributed by atoms with Crippen molar-refractivity contribution in [3.63, 3.8) is 0 Å². The summed E-state index contributed by atoms with van der Waals surface area (Å²) in [5.41, 5.74) is 10.1. The highest BCUT2D eigenvalue weighted by molar-refractivity contribution is 6.09. The molecule has 0 spiro atoms. The minimum absolute atomic E-state index is 0.0157. The second-order valence-corrected chi connectivity index (χ2v) is 11.6. The van der Waals surface area contributed by atoms with E-state index in [2.05, 4.69) is 28.0 Å². The number of piperazine rings is 1. The smallest absolute Gasteiger partial charge is 0.255 e. The van der Waals surface area contributed by atoms with Gasteiger partial charge in [0.1, 0.15) is 11.5 Å². The first-order valence-corrected chi connectivity index (χ1v) is 14.3. The molecule has 6 rings (SSSR count). The molecule has 2 heterocycles. The molecule has 2 aliphatic heterocycles. The van der Waals surface area contributed by atoms with E-state index in [4.69, 9.17) is 10.5 Å². The first kappa shape index (κ1) is 26.0. The number of ether oxygens (including phenoxy) is 1. The number of Topliss-reactive ketones (excluding diaryl/α,β-unsaturated/α-hetero) is 2. The van der Waals surface area contributed by atoms with Gasteiger partial charge in [-0.3, -0.25) is 19.3 Å². The summed E-state index contributed by atoms with van der Waals surface area (Å²) in [6.45, 7) is 7.61. The monoisotopic (exact) mass is 530 g/mol. The van der Waals surface area contributed by atoms with Crippen molar-refractivity contribution in [3.05, 3.63) is 59.2 Å². The van der Waals surface area contributed by atoms with Crippen LogP contribution in [-0.4, -0.2) is 72.6 Å². The Kier molecular flexibility index (Phi) is 6.93. The molecule has 2 N–H and O–H groups in total. The van der Waals surface area contributed by atoms with Crippen molar-refractivity contribution in [2.45, 2.75) is 57.2 Å². The molecule has 2 unspecified atom stereocenters. The fraction of sp³-hybridized carbons (Fsp3) is 0.516. The molecule has 0 bridgehead atoms. The molecule has 206 valence electrons. The lowest BCUT2D eigenvalue weighted by Gasteiger charge is -2.36. The summed E-state index contributed by atoms with van der Waals surface area (Å²) in [6.07, 6.45) is 3.87. The van der Waals surface area contributed by atoms with Crippen molar-refractivity contribution in [1.29, 1.82) is 0 Å². The minimum Gasteiger partial charge on any atom is -0.494 e. The van der Waals surface area contributed by atoms with Gasteiger partial charge in [0.15, 0.2) is 5.78 Å². The number of nitrogens with zero attached hydrogens (tertiary/aromatic N) is 3. The van der Waals surface area contributed by atoms with Crippen LogP contribution in [0.2, 0.25) is 0 Å². The molecule has 0 aromatic heterocycles. The number of ketones is 2. The lowest BCUT2D eigenvalue weighted by Crippen LogP contribution is -2.48. The second kappa shape index (κ2) is 10.4. The standard InChI is InChI=1S/C31H38N4O4/c1-21-28(36)9-8-27(29(21)37)35-20-22-18-24(6-7-26(22)30(35)38)34-15-13-33(14-16-34)12-3-17-39-25-5-2-4-23(19-25)31(32)10-11-31/h2,4-7,18-19,21,27H,3,8-17,20,32H2,1H3. The minimum atomic E-state index is -0.615. The molecule has 2 aromatic rings. The van der Waals surface area contributed by atoms with Gasteiger partial charge in [0, 0.05) is 62.5 Å². The van der Waals surface area contributed by atoms with Gasteiger partial charge in [0.25, 0.3) is 5.91 Å². The van der Waals surface area contributed by atoms with Crippen molar-refractivity contribution < 1.29 is 19.1 Å². The largest absolute Gasteiger partial charge is 0.494 e. The number of rotatable bonds is 8. The first-order valence-electron chi connectivity index (χ1n) is 14.3. The lowest BCUT2D eigenvalue weighted by molar-refractivity contribution is -0.138. The van der Waals surface area contributed by atoms with Gasteiger partial charge in [-0.15, -0.1) is 0 Å². The molecule has 2 atom stereocenters. The van der Waals surface area contributed by atoms with E-state index in [0.717, 1.165) is 69.0 Å².